The van der Waals surface area contributed by atoms with Crippen molar-refractivity contribution in [3.8, 4) is 10.8 Å². The van der Waals surface area contributed by atoms with Crippen LogP contribution < -0.4 is 0 Å². The summed E-state index contributed by atoms with van der Waals surface area (Å²) in [5, 5.41) is 9.64. The van der Waals surface area contributed by atoms with Crippen molar-refractivity contribution < 1.29 is 22.4 Å². The van der Waals surface area contributed by atoms with E-state index in [4.69, 9.17) is 9.15 Å². The summed E-state index contributed by atoms with van der Waals surface area (Å²) in [4.78, 5) is 13.3. The Morgan fingerprint density at radius 3 is 2.70 bits per heavy atom. The van der Waals surface area contributed by atoms with Crippen LogP contribution in [0.5, 0.6) is 0 Å². The highest BCUT2D eigenvalue weighted by Crippen LogP contribution is 2.28. The number of ether oxygens (including phenoxy) is 1. The van der Waals surface area contributed by atoms with E-state index in [1.54, 1.807) is 18.2 Å². The molecule has 1 saturated heterocycles. The summed E-state index contributed by atoms with van der Waals surface area (Å²) in [5.41, 5.74) is 0. The maximum atomic E-state index is 12.6. The van der Waals surface area contributed by atoms with Crippen molar-refractivity contribution in [2.45, 2.75) is 24.0 Å². The van der Waals surface area contributed by atoms with Crippen molar-refractivity contribution in [2.75, 3.05) is 6.54 Å². The van der Waals surface area contributed by atoms with Crippen molar-refractivity contribution in [1.29, 1.82) is 0 Å². The monoisotopic (exact) mass is 405 g/mol. The van der Waals surface area contributed by atoms with Crippen LogP contribution >= 0.6 is 11.3 Å². The second-order valence-corrected chi connectivity index (χ2v) is 8.66. The van der Waals surface area contributed by atoms with Crippen LogP contribution in [0.2, 0.25) is 0 Å². The fraction of sp³-hybridized carbons (Fsp3) is 0.235. The molecule has 8 nitrogen and oxygen atoms in total. The molecule has 1 atom stereocenters. The minimum Gasteiger partial charge on any atom is -0.454 e. The first-order chi connectivity index (χ1) is 13.1. The van der Waals surface area contributed by atoms with E-state index in [-0.39, 0.29) is 23.9 Å². The number of thiophene rings is 1. The first-order valence-corrected chi connectivity index (χ1v) is 10.5. The molecule has 2 aromatic heterocycles. The third-order valence-corrected chi connectivity index (χ3v) is 6.91. The van der Waals surface area contributed by atoms with Crippen LogP contribution in [0.3, 0.4) is 0 Å². The highest BCUT2D eigenvalue weighted by Gasteiger charge is 2.43. The van der Waals surface area contributed by atoms with E-state index < -0.39 is 22.0 Å². The van der Waals surface area contributed by atoms with Gasteiger partial charge in [0.05, 0.1) is 9.77 Å². The van der Waals surface area contributed by atoms with Gasteiger partial charge in [0.1, 0.15) is 6.04 Å². The zero-order valence-corrected chi connectivity index (χ0v) is 15.6. The summed E-state index contributed by atoms with van der Waals surface area (Å²) < 4.78 is 37.0. The zero-order valence-electron chi connectivity index (χ0n) is 14.0. The van der Waals surface area contributed by atoms with Gasteiger partial charge in [0, 0.05) is 6.54 Å². The Morgan fingerprint density at radius 1 is 1.22 bits per heavy atom. The fourth-order valence-electron chi connectivity index (χ4n) is 2.66. The summed E-state index contributed by atoms with van der Waals surface area (Å²) in [6.07, 6.45) is 0.412. The molecule has 0 amide bonds. The Hall–Kier alpha value is -2.56. The van der Waals surface area contributed by atoms with Crippen molar-refractivity contribution in [2.24, 2.45) is 0 Å². The van der Waals surface area contributed by atoms with Gasteiger partial charge in [-0.2, -0.15) is 4.31 Å². The number of sulfonamides is 1. The molecule has 4 rings (SSSR count). The molecular formula is C17H15N3O5S2. The van der Waals surface area contributed by atoms with Crippen molar-refractivity contribution in [3.05, 3.63) is 53.7 Å². The number of carbonyl (C=O) groups excluding carboxylic acids is 1. The minimum atomic E-state index is -3.72. The third kappa shape index (κ3) is 3.51. The van der Waals surface area contributed by atoms with Crippen LogP contribution in [0, 0.1) is 0 Å². The predicted molar refractivity (Wildman–Crippen MR) is 96.1 cm³/mol. The lowest BCUT2D eigenvalue weighted by Crippen LogP contribution is -2.55. The lowest BCUT2D eigenvalue weighted by Gasteiger charge is -2.37. The van der Waals surface area contributed by atoms with Crippen LogP contribution in [0.25, 0.3) is 10.8 Å². The van der Waals surface area contributed by atoms with Gasteiger partial charge in [-0.15, -0.1) is 21.5 Å². The van der Waals surface area contributed by atoms with Crippen LogP contribution in [-0.2, 0) is 26.2 Å². The second-order valence-electron chi connectivity index (χ2n) is 5.82. The quantitative estimate of drug-likeness (QED) is 0.580. The first kappa shape index (κ1) is 17.8. The summed E-state index contributed by atoms with van der Waals surface area (Å²) in [5.74, 6) is -0.117. The molecule has 1 aromatic carbocycles. The molecule has 3 heterocycles. The second kappa shape index (κ2) is 7.22. The Balaban J connectivity index is 1.39. The van der Waals surface area contributed by atoms with Gasteiger partial charge in [0.15, 0.2) is 6.61 Å². The normalized spacial score (nSPS) is 17.4. The summed E-state index contributed by atoms with van der Waals surface area (Å²) in [6, 6.07) is 10.9. The number of esters is 1. The van der Waals surface area contributed by atoms with Gasteiger partial charge in [0.2, 0.25) is 10.0 Å². The molecular weight excluding hydrogens is 390 g/mol. The molecule has 0 radical (unpaired) electrons. The van der Waals surface area contributed by atoms with Crippen molar-refractivity contribution in [3.63, 3.8) is 0 Å². The smallest absolute Gasteiger partial charge is 0.325 e. The average molecular weight is 405 g/mol. The van der Waals surface area contributed by atoms with E-state index in [1.807, 2.05) is 17.5 Å². The maximum Gasteiger partial charge on any atom is 0.325 e. The molecule has 140 valence electrons. The molecule has 0 N–H and O–H groups in total. The SMILES string of the molecule is O=C(OCc1nnc(-c2cccs2)o1)[C@@H]1CCN1S(=O)(=O)c1ccccc1. The summed E-state index contributed by atoms with van der Waals surface area (Å²) >= 11 is 1.45. The maximum absolute atomic E-state index is 12.6. The van der Waals surface area contributed by atoms with Gasteiger partial charge in [0.25, 0.3) is 11.8 Å². The van der Waals surface area contributed by atoms with Gasteiger partial charge in [-0.25, -0.2) is 8.42 Å². The average Bonchev–Trinajstić information content (AvgIpc) is 3.31. The lowest BCUT2D eigenvalue weighted by molar-refractivity contribution is -0.153. The Morgan fingerprint density at radius 2 is 2.04 bits per heavy atom. The number of carbonyl (C=O) groups is 1. The molecule has 0 bridgehead atoms. The number of aromatic nitrogens is 2. The fourth-order valence-corrected chi connectivity index (χ4v) is 4.94. The molecule has 1 aliphatic heterocycles. The molecule has 0 unspecified atom stereocenters. The van der Waals surface area contributed by atoms with Crippen molar-refractivity contribution >= 4 is 27.3 Å². The Labute approximate surface area is 159 Å². The van der Waals surface area contributed by atoms with Crippen LogP contribution in [0.4, 0.5) is 0 Å². The topological polar surface area (TPSA) is 103 Å². The molecule has 10 heteroatoms. The van der Waals surface area contributed by atoms with E-state index in [9.17, 15) is 13.2 Å². The largest absolute Gasteiger partial charge is 0.454 e. The number of benzene rings is 1. The minimum absolute atomic E-state index is 0.153. The van der Waals surface area contributed by atoms with Gasteiger partial charge < -0.3 is 9.15 Å². The Bertz CT molecular complexity index is 1030. The third-order valence-electron chi connectivity index (χ3n) is 4.13. The number of hydrogen-bond acceptors (Lipinski definition) is 8. The van der Waals surface area contributed by atoms with Crippen LogP contribution in [-0.4, -0.2) is 41.5 Å². The summed E-state index contributed by atoms with van der Waals surface area (Å²) in [7, 11) is -3.72. The number of rotatable bonds is 6. The van der Waals surface area contributed by atoms with Crippen LogP contribution in [0.1, 0.15) is 12.3 Å². The molecule has 27 heavy (non-hydrogen) atoms. The first-order valence-electron chi connectivity index (χ1n) is 8.15. The molecule has 3 aromatic rings. The Kier molecular flexibility index (Phi) is 4.77. The number of hydrogen-bond donors (Lipinski definition) is 0. The number of nitrogens with zero attached hydrogens (tertiary/aromatic N) is 3. The van der Waals surface area contributed by atoms with E-state index in [0.29, 0.717) is 12.3 Å². The highest BCUT2D eigenvalue weighted by atomic mass is 32.2. The van der Waals surface area contributed by atoms with Gasteiger partial charge >= 0.3 is 5.97 Å². The predicted octanol–water partition coefficient (Wildman–Crippen LogP) is 2.30. The molecule has 0 aliphatic carbocycles. The zero-order chi connectivity index (χ0) is 18.9. The van der Waals surface area contributed by atoms with Gasteiger partial charge in [-0.3, -0.25) is 4.79 Å². The molecule has 0 saturated carbocycles. The van der Waals surface area contributed by atoms with E-state index in [0.717, 1.165) is 9.18 Å². The van der Waals surface area contributed by atoms with Gasteiger partial charge in [-0.1, -0.05) is 24.3 Å². The highest BCUT2D eigenvalue weighted by molar-refractivity contribution is 7.89. The van der Waals surface area contributed by atoms with Crippen LogP contribution in [0.15, 0.2) is 57.2 Å². The summed E-state index contributed by atoms with van der Waals surface area (Å²) in [6.45, 7) is 0.0764. The molecule has 1 fully saturated rings. The lowest BCUT2D eigenvalue weighted by atomic mass is 10.1. The molecule has 1 aliphatic rings. The molecule has 0 spiro atoms. The van der Waals surface area contributed by atoms with Crippen molar-refractivity contribution in [1.82, 2.24) is 14.5 Å². The van der Waals surface area contributed by atoms with E-state index in [1.165, 1.54) is 23.5 Å². The standard InChI is InChI=1S/C17H15N3O5S2/c21-17(24-11-15-18-19-16(25-15)14-7-4-10-26-14)13-8-9-20(13)27(22,23)12-5-2-1-3-6-12/h1-7,10,13H,8-9,11H2/t13-/m0/s1. The van der Waals surface area contributed by atoms with Gasteiger partial charge in [-0.05, 0) is 30.0 Å². The van der Waals surface area contributed by atoms with E-state index >= 15 is 0 Å². The van der Waals surface area contributed by atoms with E-state index in [2.05, 4.69) is 10.2 Å².